The monoisotopic (exact) mass is 299 g/mol. The fourth-order valence-corrected chi connectivity index (χ4v) is 2.88. The fraction of sp³-hybridized carbons (Fsp3) is 0.412. The van der Waals surface area contributed by atoms with Crippen LogP contribution in [0.4, 0.5) is 0 Å². The molecule has 5 nitrogen and oxygen atoms in total. The number of aromatic nitrogens is 2. The van der Waals surface area contributed by atoms with Crippen LogP contribution in [0.3, 0.4) is 0 Å². The van der Waals surface area contributed by atoms with Crippen molar-refractivity contribution >= 4 is 5.91 Å². The zero-order valence-corrected chi connectivity index (χ0v) is 12.6. The van der Waals surface area contributed by atoms with Gasteiger partial charge in [-0.25, -0.2) is 0 Å². The molecular formula is C17H21N3O2. The number of nitrogens with zero attached hydrogens (tertiary/aromatic N) is 2. The first-order valence-electron chi connectivity index (χ1n) is 7.78. The van der Waals surface area contributed by atoms with E-state index in [-0.39, 0.29) is 5.91 Å². The third-order valence-corrected chi connectivity index (χ3v) is 4.06. The summed E-state index contributed by atoms with van der Waals surface area (Å²) >= 11 is 0. The average molecular weight is 299 g/mol. The molecule has 1 fully saturated rings. The van der Waals surface area contributed by atoms with Crippen LogP contribution in [0, 0.1) is 0 Å². The van der Waals surface area contributed by atoms with Crippen LogP contribution in [0.5, 0.6) is 5.75 Å². The lowest BCUT2D eigenvalue weighted by Crippen LogP contribution is -2.39. The fourth-order valence-electron chi connectivity index (χ4n) is 2.88. The van der Waals surface area contributed by atoms with Gasteiger partial charge in [-0.2, -0.15) is 5.10 Å². The quantitative estimate of drug-likeness (QED) is 0.923. The van der Waals surface area contributed by atoms with Gasteiger partial charge in [0.2, 0.25) is 5.91 Å². The predicted molar refractivity (Wildman–Crippen MR) is 83.7 cm³/mol. The number of ether oxygens (including phenoxy) is 1. The van der Waals surface area contributed by atoms with Crippen LogP contribution in [0.15, 0.2) is 42.6 Å². The Bertz CT molecular complexity index is 583. The topological polar surface area (TPSA) is 58.2 Å². The summed E-state index contributed by atoms with van der Waals surface area (Å²) in [5.41, 5.74) is 1.12. The van der Waals surface area contributed by atoms with Crippen LogP contribution in [0.2, 0.25) is 0 Å². The minimum atomic E-state index is 0.167. The lowest BCUT2D eigenvalue weighted by molar-refractivity contribution is -0.132. The van der Waals surface area contributed by atoms with Crippen molar-refractivity contribution in [3.8, 4) is 5.75 Å². The Hall–Kier alpha value is -2.30. The normalized spacial score (nSPS) is 18.2. The lowest BCUT2D eigenvalue weighted by atomic mass is 9.95. The first-order valence-corrected chi connectivity index (χ1v) is 7.78. The minimum absolute atomic E-state index is 0.167. The minimum Gasteiger partial charge on any atom is -0.493 e. The highest BCUT2D eigenvalue weighted by molar-refractivity contribution is 5.76. The first kappa shape index (κ1) is 14.6. The Morgan fingerprint density at radius 1 is 1.32 bits per heavy atom. The van der Waals surface area contributed by atoms with Crippen molar-refractivity contribution in [2.24, 2.45) is 0 Å². The van der Waals surface area contributed by atoms with E-state index in [1.165, 1.54) is 0 Å². The Balaban J connectivity index is 1.47. The Labute approximate surface area is 130 Å². The highest BCUT2D eigenvalue weighted by Gasteiger charge is 2.25. The second-order valence-corrected chi connectivity index (χ2v) is 5.60. The molecule has 1 unspecified atom stereocenters. The van der Waals surface area contributed by atoms with E-state index >= 15 is 0 Å². The Morgan fingerprint density at radius 2 is 2.18 bits per heavy atom. The zero-order valence-electron chi connectivity index (χ0n) is 12.6. The lowest BCUT2D eigenvalue weighted by Gasteiger charge is -2.32. The van der Waals surface area contributed by atoms with Crippen LogP contribution in [0.25, 0.3) is 0 Å². The number of aromatic amines is 1. The predicted octanol–water partition coefficient (Wildman–Crippen LogP) is 2.58. The van der Waals surface area contributed by atoms with Crippen molar-refractivity contribution in [2.45, 2.75) is 25.2 Å². The van der Waals surface area contributed by atoms with E-state index in [2.05, 4.69) is 10.2 Å². The number of carbonyl (C=O) groups excluding carboxylic acids is 1. The second kappa shape index (κ2) is 7.11. The molecular weight excluding hydrogens is 278 g/mol. The molecule has 116 valence electrons. The van der Waals surface area contributed by atoms with E-state index in [1.807, 2.05) is 41.3 Å². The maximum absolute atomic E-state index is 12.3. The van der Waals surface area contributed by atoms with Crippen LogP contribution < -0.4 is 4.74 Å². The van der Waals surface area contributed by atoms with E-state index in [0.717, 1.165) is 37.4 Å². The number of benzene rings is 1. The van der Waals surface area contributed by atoms with Gasteiger partial charge >= 0.3 is 0 Å². The number of hydrogen-bond donors (Lipinski definition) is 1. The third-order valence-electron chi connectivity index (χ3n) is 4.06. The smallest absolute Gasteiger partial charge is 0.226 e. The van der Waals surface area contributed by atoms with Crippen molar-refractivity contribution in [3.63, 3.8) is 0 Å². The van der Waals surface area contributed by atoms with Gasteiger partial charge in [-0.15, -0.1) is 0 Å². The molecule has 1 aliphatic heterocycles. The highest BCUT2D eigenvalue weighted by Crippen LogP contribution is 2.25. The van der Waals surface area contributed by atoms with Crippen LogP contribution in [-0.2, 0) is 4.79 Å². The highest BCUT2D eigenvalue weighted by atomic mass is 16.5. The largest absolute Gasteiger partial charge is 0.493 e. The zero-order chi connectivity index (χ0) is 15.2. The van der Waals surface area contributed by atoms with Gasteiger partial charge in [-0.1, -0.05) is 18.2 Å². The first-order chi connectivity index (χ1) is 10.8. The number of H-pyrrole nitrogens is 1. The number of nitrogens with one attached hydrogen (secondary N) is 1. The number of carbonyl (C=O) groups is 1. The van der Waals surface area contributed by atoms with Crippen LogP contribution >= 0.6 is 0 Å². The molecule has 1 saturated heterocycles. The molecule has 1 aromatic heterocycles. The molecule has 1 aliphatic rings. The number of hydrogen-bond acceptors (Lipinski definition) is 3. The summed E-state index contributed by atoms with van der Waals surface area (Å²) in [4.78, 5) is 14.3. The molecule has 0 spiro atoms. The van der Waals surface area contributed by atoms with Gasteiger partial charge in [0, 0.05) is 30.9 Å². The van der Waals surface area contributed by atoms with Crippen molar-refractivity contribution in [1.82, 2.24) is 15.1 Å². The molecule has 1 atom stereocenters. The van der Waals surface area contributed by atoms with Crippen molar-refractivity contribution in [1.29, 1.82) is 0 Å². The molecule has 2 aromatic rings. The molecule has 22 heavy (non-hydrogen) atoms. The number of likely N-dealkylation sites (tertiary alicyclic amines) is 1. The van der Waals surface area contributed by atoms with Gasteiger partial charge < -0.3 is 9.64 Å². The summed E-state index contributed by atoms with van der Waals surface area (Å²) in [5.74, 6) is 1.35. The van der Waals surface area contributed by atoms with Crippen molar-refractivity contribution < 1.29 is 9.53 Å². The molecule has 0 aliphatic carbocycles. The summed E-state index contributed by atoms with van der Waals surface area (Å²) in [5, 5.41) is 7.02. The van der Waals surface area contributed by atoms with E-state index in [4.69, 9.17) is 4.74 Å². The number of para-hydroxylation sites is 1. The summed E-state index contributed by atoms with van der Waals surface area (Å²) in [6.07, 6.45) is 4.33. The van der Waals surface area contributed by atoms with E-state index in [0.29, 0.717) is 18.9 Å². The molecule has 1 N–H and O–H groups in total. The Kier molecular flexibility index (Phi) is 4.73. The van der Waals surface area contributed by atoms with E-state index in [1.54, 1.807) is 6.20 Å². The number of piperidine rings is 1. The summed E-state index contributed by atoms with van der Waals surface area (Å²) in [6.45, 7) is 2.04. The summed E-state index contributed by atoms with van der Waals surface area (Å²) in [7, 11) is 0. The SMILES string of the molecule is O=C(CCOc1ccccc1)N1CCCC(c2ccn[nH]2)C1. The van der Waals surface area contributed by atoms with Crippen LogP contribution in [0.1, 0.15) is 30.9 Å². The van der Waals surface area contributed by atoms with Crippen molar-refractivity contribution in [3.05, 3.63) is 48.3 Å². The van der Waals surface area contributed by atoms with Crippen LogP contribution in [-0.4, -0.2) is 40.7 Å². The van der Waals surface area contributed by atoms with Gasteiger partial charge in [0.05, 0.1) is 13.0 Å². The molecule has 0 saturated carbocycles. The maximum atomic E-state index is 12.3. The molecule has 3 rings (SSSR count). The molecule has 0 bridgehead atoms. The Morgan fingerprint density at radius 3 is 2.95 bits per heavy atom. The molecule has 1 aromatic carbocycles. The molecule has 5 heteroatoms. The van der Waals surface area contributed by atoms with Gasteiger partial charge in [0.15, 0.2) is 0 Å². The number of amides is 1. The number of rotatable bonds is 5. The van der Waals surface area contributed by atoms with Gasteiger partial charge in [0.25, 0.3) is 0 Å². The van der Waals surface area contributed by atoms with Crippen molar-refractivity contribution in [2.75, 3.05) is 19.7 Å². The standard InChI is InChI=1S/C17H21N3O2/c21-17(9-12-22-15-6-2-1-3-7-15)20-11-4-5-14(13-20)16-8-10-18-19-16/h1-3,6-8,10,14H,4-5,9,11-13H2,(H,18,19). The van der Waals surface area contributed by atoms with Gasteiger partial charge in [-0.05, 0) is 31.0 Å². The second-order valence-electron chi connectivity index (χ2n) is 5.60. The summed E-state index contributed by atoms with van der Waals surface area (Å²) < 4.78 is 5.60. The molecule has 2 heterocycles. The van der Waals surface area contributed by atoms with Gasteiger partial charge in [0.1, 0.15) is 5.75 Å². The molecule has 1 amide bonds. The average Bonchev–Trinajstić information content (AvgIpc) is 3.10. The summed E-state index contributed by atoms with van der Waals surface area (Å²) in [6, 6.07) is 11.6. The van der Waals surface area contributed by atoms with E-state index in [9.17, 15) is 4.79 Å². The third kappa shape index (κ3) is 3.67. The van der Waals surface area contributed by atoms with E-state index < -0.39 is 0 Å². The van der Waals surface area contributed by atoms with Gasteiger partial charge in [-0.3, -0.25) is 9.89 Å². The molecule has 0 radical (unpaired) electrons. The maximum Gasteiger partial charge on any atom is 0.226 e.